The van der Waals surface area contributed by atoms with Crippen LogP contribution in [0.15, 0.2) is 60.7 Å². The second-order valence-electron chi connectivity index (χ2n) is 7.88. The van der Waals surface area contributed by atoms with E-state index in [-0.39, 0.29) is 18.5 Å². The van der Waals surface area contributed by atoms with Crippen LogP contribution in [0.3, 0.4) is 0 Å². The van der Waals surface area contributed by atoms with E-state index in [9.17, 15) is 8.42 Å². The van der Waals surface area contributed by atoms with Crippen molar-refractivity contribution in [2.75, 3.05) is 43.5 Å². The number of hydrogen-bond donors (Lipinski definition) is 4. The summed E-state index contributed by atoms with van der Waals surface area (Å²) < 4.78 is 37.0. The summed E-state index contributed by atoms with van der Waals surface area (Å²) >= 11 is 0. The number of nitrogens with two attached hydrogens (primary N) is 1. The highest BCUT2D eigenvalue weighted by atomic mass is 35.5. The summed E-state index contributed by atoms with van der Waals surface area (Å²) in [6, 6.07) is 19.5. The summed E-state index contributed by atoms with van der Waals surface area (Å²) in [5.74, 6) is 0.800. The van der Waals surface area contributed by atoms with E-state index in [2.05, 4.69) is 33.2 Å². The molecule has 0 aliphatic heterocycles. The number of para-hydroxylation sites is 1. The SMILES string of the molecule is COC(CNCCOc1ccc2c(c1)[nH]c1ccccc12)c1ccc(N)c(NS(C)(=O)=O)c1.Cl. The molecule has 3 aromatic carbocycles. The summed E-state index contributed by atoms with van der Waals surface area (Å²) in [4.78, 5) is 3.42. The van der Waals surface area contributed by atoms with Crippen LogP contribution in [0.2, 0.25) is 0 Å². The van der Waals surface area contributed by atoms with E-state index in [0.29, 0.717) is 31.1 Å². The zero-order valence-electron chi connectivity index (χ0n) is 19.0. The maximum atomic E-state index is 11.6. The molecule has 0 saturated heterocycles. The van der Waals surface area contributed by atoms with Gasteiger partial charge >= 0.3 is 0 Å². The number of ether oxygens (including phenoxy) is 2. The van der Waals surface area contributed by atoms with E-state index in [1.54, 1.807) is 19.2 Å². The molecule has 0 radical (unpaired) electrons. The van der Waals surface area contributed by atoms with Crippen LogP contribution in [0.5, 0.6) is 5.75 Å². The first-order chi connectivity index (χ1) is 15.8. The van der Waals surface area contributed by atoms with Gasteiger partial charge in [-0.15, -0.1) is 12.4 Å². The quantitative estimate of drug-likeness (QED) is 0.191. The molecule has 0 aliphatic carbocycles. The van der Waals surface area contributed by atoms with Crippen molar-refractivity contribution in [1.82, 2.24) is 10.3 Å². The topological polar surface area (TPSA) is 118 Å². The number of aromatic amines is 1. The lowest BCUT2D eigenvalue weighted by Gasteiger charge is -2.18. The minimum absolute atomic E-state index is 0. The largest absolute Gasteiger partial charge is 0.492 e. The van der Waals surface area contributed by atoms with Gasteiger partial charge in [0.25, 0.3) is 0 Å². The molecule has 8 nitrogen and oxygen atoms in total. The number of hydrogen-bond acceptors (Lipinski definition) is 6. The van der Waals surface area contributed by atoms with Gasteiger partial charge in [-0.25, -0.2) is 8.42 Å². The van der Waals surface area contributed by atoms with Crippen LogP contribution in [0, 0.1) is 0 Å². The highest BCUT2D eigenvalue weighted by Crippen LogP contribution is 2.28. The summed E-state index contributed by atoms with van der Waals surface area (Å²) in [7, 11) is -1.82. The van der Waals surface area contributed by atoms with Gasteiger partial charge in [-0.1, -0.05) is 24.3 Å². The van der Waals surface area contributed by atoms with Crippen molar-refractivity contribution in [3.63, 3.8) is 0 Å². The number of benzene rings is 3. The lowest BCUT2D eigenvalue weighted by molar-refractivity contribution is 0.101. The number of halogens is 1. The maximum absolute atomic E-state index is 11.6. The Morgan fingerprint density at radius 3 is 2.56 bits per heavy atom. The number of aromatic nitrogens is 1. The number of rotatable bonds is 10. The zero-order valence-corrected chi connectivity index (χ0v) is 20.6. The Kier molecular flexibility index (Phi) is 8.27. The average Bonchev–Trinajstić information content (AvgIpc) is 3.15. The van der Waals surface area contributed by atoms with Gasteiger partial charge < -0.3 is 25.5 Å². The Bertz CT molecular complexity index is 1370. The molecule has 182 valence electrons. The summed E-state index contributed by atoms with van der Waals surface area (Å²) in [6.07, 6.45) is 0.818. The van der Waals surface area contributed by atoms with Crippen LogP contribution in [-0.2, 0) is 14.8 Å². The Labute approximate surface area is 205 Å². The molecule has 4 rings (SSSR count). The molecule has 5 N–H and O–H groups in total. The van der Waals surface area contributed by atoms with Crippen molar-refractivity contribution in [2.45, 2.75) is 6.10 Å². The van der Waals surface area contributed by atoms with Crippen molar-refractivity contribution >= 4 is 55.6 Å². The summed E-state index contributed by atoms with van der Waals surface area (Å²) in [5.41, 5.74) is 9.55. The van der Waals surface area contributed by atoms with Crippen molar-refractivity contribution in [2.24, 2.45) is 0 Å². The number of anilines is 2. The lowest BCUT2D eigenvalue weighted by Crippen LogP contribution is -2.27. The van der Waals surface area contributed by atoms with Gasteiger partial charge in [0.1, 0.15) is 12.4 Å². The second-order valence-corrected chi connectivity index (χ2v) is 9.62. The molecule has 10 heteroatoms. The van der Waals surface area contributed by atoms with E-state index in [4.69, 9.17) is 15.2 Å². The fourth-order valence-corrected chi connectivity index (χ4v) is 4.37. The molecule has 0 bridgehead atoms. The molecule has 34 heavy (non-hydrogen) atoms. The fraction of sp³-hybridized carbons (Fsp3) is 0.250. The Morgan fingerprint density at radius 2 is 1.79 bits per heavy atom. The third kappa shape index (κ3) is 6.12. The summed E-state index contributed by atoms with van der Waals surface area (Å²) in [6.45, 7) is 1.64. The molecule has 0 saturated carbocycles. The normalized spacial score (nSPS) is 12.4. The van der Waals surface area contributed by atoms with E-state index in [1.807, 2.05) is 30.3 Å². The second kappa shape index (κ2) is 11.0. The third-order valence-corrected chi connectivity index (χ3v) is 5.97. The van der Waals surface area contributed by atoms with Crippen molar-refractivity contribution < 1.29 is 17.9 Å². The maximum Gasteiger partial charge on any atom is 0.229 e. The average molecular weight is 505 g/mol. The van der Waals surface area contributed by atoms with E-state index in [0.717, 1.165) is 28.6 Å². The Balaban J connectivity index is 0.00000324. The van der Waals surface area contributed by atoms with Crippen molar-refractivity contribution in [3.8, 4) is 5.75 Å². The number of fused-ring (bicyclic) bond motifs is 3. The highest BCUT2D eigenvalue weighted by Gasteiger charge is 2.14. The Morgan fingerprint density at radius 1 is 1.03 bits per heavy atom. The molecule has 0 spiro atoms. The standard InChI is InChI=1S/C24H28N4O4S.ClH/c1-31-24(16-7-10-20(25)23(13-16)28-33(2,29)30)15-26-11-12-32-17-8-9-19-18-5-3-4-6-21(18)27-22(19)14-17;/h3-10,13-14,24,26-28H,11-12,15,25H2,1-2H3;1H. The number of H-pyrrole nitrogens is 1. The van der Waals surface area contributed by atoms with Gasteiger partial charge in [-0.3, -0.25) is 4.72 Å². The molecule has 1 aromatic heterocycles. The van der Waals surface area contributed by atoms with Gasteiger partial charge in [0.15, 0.2) is 0 Å². The van der Waals surface area contributed by atoms with Gasteiger partial charge in [0.05, 0.1) is 29.3 Å². The monoisotopic (exact) mass is 504 g/mol. The molecule has 1 heterocycles. The molecule has 4 aromatic rings. The highest BCUT2D eigenvalue weighted by molar-refractivity contribution is 7.92. The number of sulfonamides is 1. The molecular formula is C24H29ClN4O4S. The van der Waals surface area contributed by atoms with Crippen LogP contribution < -0.4 is 20.5 Å². The molecule has 1 atom stereocenters. The minimum atomic E-state index is -3.43. The minimum Gasteiger partial charge on any atom is -0.492 e. The third-order valence-electron chi connectivity index (χ3n) is 5.38. The van der Waals surface area contributed by atoms with Gasteiger partial charge in [0.2, 0.25) is 10.0 Å². The van der Waals surface area contributed by atoms with E-state index < -0.39 is 10.0 Å². The van der Waals surface area contributed by atoms with Crippen LogP contribution in [0.1, 0.15) is 11.7 Å². The van der Waals surface area contributed by atoms with Gasteiger partial charge in [-0.05, 0) is 35.9 Å². The first kappa shape index (κ1) is 25.6. The lowest BCUT2D eigenvalue weighted by atomic mass is 10.1. The smallest absolute Gasteiger partial charge is 0.229 e. The van der Waals surface area contributed by atoms with E-state index >= 15 is 0 Å². The number of methoxy groups -OCH3 is 1. The van der Waals surface area contributed by atoms with Crippen molar-refractivity contribution in [3.05, 3.63) is 66.2 Å². The van der Waals surface area contributed by atoms with Crippen LogP contribution >= 0.6 is 12.4 Å². The first-order valence-corrected chi connectivity index (χ1v) is 12.5. The first-order valence-electron chi connectivity index (χ1n) is 10.6. The van der Waals surface area contributed by atoms with E-state index in [1.165, 1.54) is 10.8 Å². The summed E-state index contributed by atoms with van der Waals surface area (Å²) in [5, 5.41) is 5.69. The fourth-order valence-electron chi connectivity index (χ4n) is 3.80. The molecular weight excluding hydrogens is 476 g/mol. The number of nitrogen functional groups attached to an aromatic ring is 1. The molecule has 0 amide bonds. The Hall–Kier alpha value is -2.98. The van der Waals surface area contributed by atoms with Gasteiger partial charge in [0, 0.05) is 42.6 Å². The number of nitrogens with one attached hydrogen (secondary N) is 3. The molecule has 0 aliphatic rings. The van der Waals surface area contributed by atoms with Crippen LogP contribution in [-0.4, -0.2) is 46.5 Å². The van der Waals surface area contributed by atoms with Crippen molar-refractivity contribution in [1.29, 1.82) is 0 Å². The zero-order chi connectivity index (χ0) is 23.4. The predicted octanol–water partition coefficient (Wildman–Crippen LogP) is 4.05. The molecule has 1 unspecified atom stereocenters. The predicted molar refractivity (Wildman–Crippen MR) is 140 cm³/mol. The van der Waals surface area contributed by atoms with Crippen LogP contribution in [0.25, 0.3) is 21.8 Å². The van der Waals surface area contributed by atoms with Crippen LogP contribution in [0.4, 0.5) is 11.4 Å². The molecule has 0 fully saturated rings. The van der Waals surface area contributed by atoms with Gasteiger partial charge in [-0.2, -0.15) is 0 Å².